The molecule has 0 rings (SSSR count). The van der Waals surface area contributed by atoms with E-state index in [1.54, 1.807) is 11.8 Å². The zero-order valence-corrected chi connectivity index (χ0v) is 9.76. The highest BCUT2D eigenvalue weighted by Gasteiger charge is 2.15. The van der Waals surface area contributed by atoms with E-state index in [9.17, 15) is 4.79 Å². The van der Waals surface area contributed by atoms with Crippen LogP contribution in [0.25, 0.3) is 0 Å². The highest BCUT2D eigenvalue weighted by atomic mass is 32.2. The van der Waals surface area contributed by atoms with E-state index in [0.29, 0.717) is 6.54 Å². The van der Waals surface area contributed by atoms with Gasteiger partial charge in [0.05, 0.1) is 6.61 Å². The average Bonchev–Trinajstić information content (AvgIpc) is 2.21. The fourth-order valence-corrected chi connectivity index (χ4v) is 1.76. The maximum absolute atomic E-state index is 10.7. The van der Waals surface area contributed by atoms with Gasteiger partial charge in [0.1, 0.15) is 6.04 Å². The van der Waals surface area contributed by atoms with Crippen LogP contribution in [0.4, 0.5) is 0 Å². The lowest BCUT2D eigenvalue weighted by molar-refractivity contribution is -0.140. The van der Waals surface area contributed by atoms with Gasteiger partial charge in [0.15, 0.2) is 0 Å². The smallest absolute Gasteiger partial charge is 0.323 e. The summed E-state index contributed by atoms with van der Waals surface area (Å²) in [6.45, 7) is 1.02. The molecule has 6 heteroatoms. The molecular formula is C9H19NO4S. The third-order valence-electron chi connectivity index (χ3n) is 1.72. The zero-order chi connectivity index (χ0) is 11.5. The number of aliphatic hydroxyl groups is 1. The van der Waals surface area contributed by atoms with Crippen molar-refractivity contribution >= 4 is 17.7 Å². The molecule has 0 heterocycles. The van der Waals surface area contributed by atoms with Crippen LogP contribution in [0.1, 0.15) is 6.42 Å². The summed E-state index contributed by atoms with van der Waals surface area (Å²) in [7, 11) is 1.48. The second kappa shape index (κ2) is 10.2. The number of rotatable bonds is 10. The summed E-state index contributed by atoms with van der Waals surface area (Å²) in [5, 5.41) is 20.2. The predicted molar refractivity (Wildman–Crippen MR) is 60.3 cm³/mol. The fraction of sp³-hybridized carbons (Fsp3) is 0.889. The molecule has 1 atom stereocenters. The number of hydrogen-bond donors (Lipinski definition) is 3. The largest absolute Gasteiger partial charge is 0.480 e. The maximum Gasteiger partial charge on any atom is 0.323 e. The lowest BCUT2D eigenvalue weighted by Crippen LogP contribution is -2.41. The molecule has 0 amide bonds. The van der Waals surface area contributed by atoms with E-state index >= 15 is 0 Å². The highest BCUT2D eigenvalue weighted by Crippen LogP contribution is 2.00. The first-order valence-electron chi connectivity index (χ1n) is 4.86. The minimum Gasteiger partial charge on any atom is -0.480 e. The Bertz CT molecular complexity index is 168. The molecule has 15 heavy (non-hydrogen) atoms. The van der Waals surface area contributed by atoms with Crippen molar-refractivity contribution < 1.29 is 19.7 Å². The molecule has 0 aliphatic carbocycles. The first-order chi connectivity index (χ1) is 7.22. The molecular weight excluding hydrogens is 218 g/mol. The van der Waals surface area contributed by atoms with E-state index in [0.717, 1.165) is 17.9 Å². The molecule has 0 fully saturated rings. The van der Waals surface area contributed by atoms with Gasteiger partial charge < -0.3 is 20.3 Å². The van der Waals surface area contributed by atoms with Gasteiger partial charge in [-0.1, -0.05) is 0 Å². The standard InChI is InChI=1S/C9H19NO4S/c1-14-7-8(9(12)13)10-3-6-15-5-2-4-11/h8,10-11H,2-7H2,1H3,(H,12,13). The molecule has 0 saturated carbocycles. The molecule has 0 aromatic heterocycles. The van der Waals surface area contributed by atoms with Gasteiger partial charge in [0, 0.05) is 26.0 Å². The number of thioether (sulfide) groups is 1. The summed E-state index contributed by atoms with van der Waals surface area (Å²) in [5.41, 5.74) is 0. The van der Waals surface area contributed by atoms with Crippen molar-refractivity contribution in [1.82, 2.24) is 5.32 Å². The lowest BCUT2D eigenvalue weighted by atomic mass is 10.3. The van der Waals surface area contributed by atoms with Crippen molar-refractivity contribution in [2.75, 3.05) is 38.4 Å². The summed E-state index contributed by atoms with van der Waals surface area (Å²) in [6, 6.07) is -0.631. The third kappa shape index (κ3) is 8.68. The SMILES string of the molecule is COCC(NCCSCCCO)C(=O)O. The van der Waals surface area contributed by atoms with Crippen molar-refractivity contribution in [3.05, 3.63) is 0 Å². The van der Waals surface area contributed by atoms with Gasteiger partial charge in [-0.2, -0.15) is 11.8 Å². The number of aliphatic carboxylic acids is 1. The second-order valence-electron chi connectivity index (χ2n) is 2.99. The number of carboxylic acid groups (broad SMARTS) is 1. The molecule has 0 saturated heterocycles. The molecule has 0 aliphatic heterocycles. The van der Waals surface area contributed by atoms with Gasteiger partial charge in [0.25, 0.3) is 0 Å². The normalized spacial score (nSPS) is 12.7. The predicted octanol–water partition coefficient (Wildman–Crippen LogP) is -0.209. The van der Waals surface area contributed by atoms with Crippen molar-refractivity contribution in [2.24, 2.45) is 0 Å². The quantitative estimate of drug-likeness (QED) is 0.456. The molecule has 3 N–H and O–H groups in total. The summed E-state index contributed by atoms with van der Waals surface area (Å²) >= 11 is 1.69. The number of methoxy groups -OCH3 is 1. The summed E-state index contributed by atoms with van der Waals surface area (Å²) in [5.74, 6) is 0.852. The Balaban J connectivity index is 3.41. The molecule has 0 bridgehead atoms. The Labute approximate surface area is 94.2 Å². The minimum atomic E-state index is -0.891. The number of hydrogen-bond acceptors (Lipinski definition) is 5. The van der Waals surface area contributed by atoms with Crippen LogP contribution < -0.4 is 5.32 Å². The average molecular weight is 237 g/mol. The number of nitrogens with one attached hydrogen (secondary N) is 1. The van der Waals surface area contributed by atoms with Crippen LogP contribution >= 0.6 is 11.8 Å². The number of ether oxygens (including phenoxy) is 1. The summed E-state index contributed by atoms with van der Waals surface area (Å²) in [6.07, 6.45) is 0.783. The van der Waals surface area contributed by atoms with Crippen LogP contribution in [0.2, 0.25) is 0 Å². The van der Waals surface area contributed by atoms with E-state index in [1.807, 2.05) is 0 Å². The van der Waals surface area contributed by atoms with Crippen LogP contribution in [0.15, 0.2) is 0 Å². The van der Waals surface area contributed by atoms with Gasteiger partial charge in [-0.3, -0.25) is 4.79 Å². The minimum absolute atomic E-state index is 0.177. The molecule has 1 unspecified atom stereocenters. The lowest BCUT2D eigenvalue weighted by Gasteiger charge is -2.12. The Morgan fingerprint density at radius 2 is 2.27 bits per heavy atom. The van der Waals surface area contributed by atoms with Crippen LogP contribution in [-0.2, 0) is 9.53 Å². The Morgan fingerprint density at radius 3 is 2.80 bits per heavy atom. The van der Waals surface area contributed by atoms with E-state index in [-0.39, 0.29) is 13.2 Å². The van der Waals surface area contributed by atoms with Crippen molar-refractivity contribution in [3.63, 3.8) is 0 Å². The van der Waals surface area contributed by atoms with Crippen molar-refractivity contribution in [2.45, 2.75) is 12.5 Å². The van der Waals surface area contributed by atoms with Gasteiger partial charge in [0.2, 0.25) is 0 Å². The molecule has 0 aromatic carbocycles. The van der Waals surface area contributed by atoms with E-state index in [4.69, 9.17) is 14.9 Å². The Kier molecular flexibility index (Phi) is 10.0. The van der Waals surface area contributed by atoms with Gasteiger partial charge in [-0.05, 0) is 12.2 Å². The van der Waals surface area contributed by atoms with Crippen LogP contribution in [0.5, 0.6) is 0 Å². The maximum atomic E-state index is 10.7. The molecule has 0 aromatic rings. The van der Waals surface area contributed by atoms with Crippen LogP contribution in [-0.4, -0.2) is 60.6 Å². The molecule has 0 aliphatic rings. The highest BCUT2D eigenvalue weighted by molar-refractivity contribution is 7.99. The van der Waals surface area contributed by atoms with E-state index < -0.39 is 12.0 Å². The monoisotopic (exact) mass is 237 g/mol. The Hall–Kier alpha value is -0.300. The summed E-state index contributed by atoms with van der Waals surface area (Å²) in [4.78, 5) is 10.7. The molecule has 5 nitrogen and oxygen atoms in total. The van der Waals surface area contributed by atoms with Gasteiger partial charge in [-0.25, -0.2) is 0 Å². The number of aliphatic hydroxyl groups excluding tert-OH is 1. The van der Waals surface area contributed by atoms with E-state index in [2.05, 4.69) is 5.32 Å². The first kappa shape index (κ1) is 14.7. The van der Waals surface area contributed by atoms with Gasteiger partial charge in [-0.15, -0.1) is 0 Å². The number of carbonyl (C=O) groups is 1. The molecule has 0 radical (unpaired) electrons. The topological polar surface area (TPSA) is 78.8 Å². The van der Waals surface area contributed by atoms with Crippen molar-refractivity contribution in [1.29, 1.82) is 0 Å². The van der Waals surface area contributed by atoms with E-state index in [1.165, 1.54) is 7.11 Å². The first-order valence-corrected chi connectivity index (χ1v) is 6.01. The Morgan fingerprint density at radius 1 is 1.53 bits per heavy atom. The summed E-state index contributed by atoms with van der Waals surface area (Å²) < 4.78 is 4.78. The molecule has 0 spiro atoms. The van der Waals surface area contributed by atoms with Crippen LogP contribution in [0, 0.1) is 0 Å². The third-order valence-corrected chi connectivity index (χ3v) is 2.79. The van der Waals surface area contributed by atoms with Gasteiger partial charge >= 0.3 is 5.97 Å². The second-order valence-corrected chi connectivity index (χ2v) is 4.21. The zero-order valence-electron chi connectivity index (χ0n) is 8.94. The van der Waals surface area contributed by atoms with Crippen LogP contribution in [0.3, 0.4) is 0 Å². The molecule has 90 valence electrons. The van der Waals surface area contributed by atoms with Crippen molar-refractivity contribution in [3.8, 4) is 0 Å². The number of carboxylic acids is 1. The fourth-order valence-electron chi connectivity index (χ4n) is 0.958.